The fourth-order valence-electron chi connectivity index (χ4n) is 1.60. The summed E-state index contributed by atoms with van der Waals surface area (Å²) in [5.74, 6) is 0. The topological polar surface area (TPSA) is 26.0 Å². The van der Waals surface area contributed by atoms with Gasteiger partial charge in [0.15, 0.2) is 0 Å². The Labute approximate surface area is 90.1 Å². The molecular weight excluding hydrogens is 190 g/mol. The van der Waals surface area contributed by atoms with Crippen molar-refractivity contribution in [1.29, 1.82) is 0 Å². The lowest BCUT2D eigenvalue weighted by Gasteiger charge is -2.08. The third-order valence-corrected chi connectivity index (χ3v) is 3.71. The van der Waals surface area contributed by atoms with Crippen LogP contribution in [0.15, 0.2) is 29.2 Å². The minimum Gasteiger partial charge on any atom is -0.325 e. The van der Waals surface area contributed by atoms with Crippen molar-refractivity contribution >= 4 is 11.8 Å². The minimum absolute atomic E-state index is 0.193. The van der Waals surface area contributed by atoms with Crippen molar-refractivity contribution in [2.24, 2.45) is 5.73 Å². The van der Waals surface area contributed by atoms with Crippen LogP contribution in [-0.4, -0.2) is 11.8 Å². The van der Waals surface area contributed by atoms with Gasteiger partial charge in [0.2, 0.25) is 0 Å². The Hall–Kier alpha value is -0.470. The van der Waals surface area contributed by atoms with E-state index in [1.807, 2.05) is 0 Å². The second-order valence-electron chi connectivity index (χ2n) is 4.21. The van der Waals surface area contributed by atoms with Crippen LogP contribution in [0, 0.1) is 0 Å². The van der Waals surface area contributed by atoms with Gasteiger partial charge in [-0.3, -0.25) is 0 Å². The molecule has 2 N–H and O–H groups in total. The van der Waals surface area contributed by atoms with Gasteiger partial charge in [-0.15, -0.1) is 11.8 Å². The van der Waals surface area contributed by atoms with E-state index in [-0.39, 0.29) is 5.54 Å². The average Bonchev–Trinajstić information content (AvgIpc) is 2.95. The highest BCUT2D eigenvalue weighted by molar-refractivity contribution is 7.98. The van der Waals surface area contributed by atoms with E-state index in [0.717, 1.165) is 12.8 Å². The molecule has 1 aliphatic rings. The fourth-order valence-corrected chi connectivity index (χ4v) is 2.00. The van der Waals surface area contributed by atoms with Crippen LogP contribution >= 0.6 is 11.8 Å². The van der Waals surface area contributed by atoms with Crippen molar-refractivity contribution < 1.29 is 0 Å². The second kappa shape index (κ2) is 3.95. The van der Waals surface area contributed by atoms with Crippen molar-refractivity contribution in [3.63, 3.8) is 0 Å². The Morgan fingerprint density at radius 3 is 2.43 bits per heavy atom. The normalized spacial score (nSPS) is 18.1. The molecule has 14 heavy (non-hydrogen) atoms. The Morgan fingerprint density at radius 1 is 1.29 bits per heavy atom. The first-order valence-corrected chi connectivity index (χ1v) is 6.36. The van der Waals surface area contributed by atoms with Crippen LogP contribution in [0.25, 0.3) is 0 Å². The lowest BCUT2D eigenvalue weighted by Crippen LogP contribution is -2.21. The van der Waals surface area contributed by atoms with E-state index in [2.05, 4.69) is 30.5 Å². The van der Waals surface area contributed by atoms with Crippen LogP contribution in [0.3, 0.4) is 0 Å². The monoisotopic (exact) mass is 207 g/mol. The highest BCUT2D eigenvalue weighted by atomic mass is 32.2. The predicted molar refractivity (Wildman–Crippen MR) is 62.7 cm³/mol. The van der Waals surface area contributed by atoms with Crippen molar-refractivity contribution in [1.82, 2.24) is 0 Å². The van der Waals surface area contributed by atoms with Crippen LogP contribution in [0.4, 0.5) is 0 Å². The molecule has 1 saturated carbocycles. The van der Waals surface area contributed by atoms with Crippen molar-refractivity contribution in [3.8, 4) is 0 Å². The number of hydrogen-bond acceptors (Lipinski definition) is 2. The molecule has 76 valence electrons. The van der Waals surface area contributed by atoms with E-state index in [9.17, 15) is 0 Å². The lowest BCUT2D eigenvalue weighted by molar-refractivity contribution is 0.609. The quantitative estimate of drug-likeness (QED) is 0.768. The number of rotatable bonds is 4. The number of aryl methyl sites for hydroxylation is 1. The molecule has 1 aromatic carbocycles. The summed E-state index contributed by atoms with van der Waals surface area (Å²) >= 11 is 1.79. The molecule has 0 bridgehead atoms. The van der Waals surface area contributed by atoms with Crippen molar-refractivity contribution in [3.05, 3.63) is 29.8 Å². The van der Waals surface area contributed by atoms with Gasteiger partial charge in [0.1, 0.15) is 0 Å². The number of thioether (sulfide) groups is 1. The molecule has 0 atom stereocenters. The number of benzene rings is 1. The molecular formula is C12H17NS. The van der Waals surface area contributed by atoms with Gasteiger partial charge in [0, 0.05) is 10.4 Å². The van der Waals surface area contributed by atoms with Gasteiger partial charge in [-0.1, -0.05) is 12.1 Å². The van der Waals surface area contributed by atoms with E-state index < -0.39 is 0 Å². The van der Waals surface area contributed by atoms with Gasteiger partial charge in [0.25, 0.3) is 0 Å². The molecule has 0 unspecified atom stereocenters. The van der Waals surface area contributed by atoms with Gasteiger partial charge in [-0.25, -0.2) is 0 Å². The van der Waals surface area contributed by atoms with Gasteiger partial charge in [0.05, 0.1) is 0 Å². The molecule has 1 fully saturated rings. The summed E-state index contributed by atoms with van der Waals surface area (Å²) in [7, 11) is 0. The largest absolute Gasteiger partial charge is 0.325 e. The predicted octanol–water partition coefficient (Wildman–Crippen LogP) is 2.83. The Kier molecular flexibility index (Phi) is 2.84. The molecule has 0 aliphatic heterocycles. The summed E-state index contributed by atoms with van der Waals surface area (Å²) in [6, 6.07) is 8.82. The molecule has 0 aromatic heterocycles. The summed E-state index contributed by atoms with van der Waals surface area (Å²) in [5.41, 5.74) is 7.66. The van der Waals surface area contributed by atoms with E-state index in [1.165, 1.54) is 23.3 Å². The minimum atomic E-state index is 0.193. The highest BCUT2D eigenvalue weighted by Gasteiger charge is 2.37. The zero-order chi connectivity index (χ0) is 10.0. The maximum Gasteiger partial charge on any atom is 0.0158 e. The fraction of sp³-hybridized carbons (Fsp3) is 0.500. The van der Waals surface area contributed by atoms with Gasteiger partial charge < -0.3 is 5.73 Å². The van der Waals surface area contributed by atoms with Crippen LogP contribution < -0.4 is 5.73 Å². The molecule has 0 saturated heterocycles. The number of hydrogen-bond donors (Lipinski definition) is 1. The smallest absolute Gasteiger partial charge is 0.0158 e. The highest BCUT2D eigenvalue weighted by Crippen LogP contribution is 2.36. The molecule has 0 amide bonds. The van der Waals surface area contributed by atoms with Crippen LogP contribution in [0.5, 0.6) is 0 Å². The first kappa shape index (κ1) is 10.1. The van der Waals surface area contributed by atoms with Gasteiger partial charge in [-0.05, 0) is 49.6 Å². The van der Waals surface area contributed by atoms with E-state index in [0.29, 0.717) is 0 Å². The molecule has 2 rings (SSSR count). The van der Waals surface area contributed by atoms with Crippen molar-refractivity contribution in [2.75, 3.05) is 6.26 Å². The van der Waals surface area contributed by atoms with E-state index in [1.54, 1.807) is 11.8 Å². The third kappa shape index (κ3) is 2.52. The van der Waals surface area contributed by atoms with Crippen LogP contribution in [0.1, 0.15) is 24.8 Å². The molecule has 1 nitrogen and oxygen atoms in total. The summed E-state index contributed by atoms with van der Waals surface area (Å²) in [6.45, 7) is 0. The summed E-state index contributed by atoms with van der Waals surface area (Å²) in [6.07, 6.45) is 6.82. The summed E-state index contributed by atoms with van der Waals surface area (Å²) in [4.78, 5) is 1.34. The van der Waals surface area contributed by atoms with Crippen LogP contribution in [-0.2, 0) is 6.42 Å². The van der Waals surface area contributed by atoms with E-state index >= 15 is 0 Å². The Bertz CT molecular complexity index is 301. The molecule has 0 heterocycles. The SMILES string of the molecule is CSc1ccc(CCC2(N)CC2)cc1. The molecule has 0 spiro atoms. The van der Waals surface area contributed by atoms with Crippen molar-refractivity contribution in [2.45, 2.75) is 36.1 Å². The zero-order valence-electron chi connectivity index (χ0n) is 8.62. The Morgan fingerprint density at radius 2 is 1.93 bits per heavy atom. The molecule has 0 radical (unpaired) electrons. The lowest BCUT2D eigenvalue weighted by atomic mass is 10.0. The summed E-state index contributed by atoms with van der Waals surface area (Å²) in [5, 5.41) is 0. The average molecular weight is 207 g/mol. The zero-order valence-corrected chi connectivity index (χ0v) is 9.44. The Balaban J connectivity index is 1.89. The van der Waals surface area contributed by atoms with Gasteiger partial charge in [-0.2, -0.15) is 0 Å². The number of nitrogens with two attached hydrogens (primary N) is 1. The first-order chi connectivity index (χ1) is 6.72. The standard InChI is InChI=1S/C12H17NS/c1-14-11-4-2-10(3-5-11)6-7-12(13)8-9-12/h2-5H,6-9,13H2,1H3. The molecule has 2 heteroatoms. The summed E-state index contributed by atoms with van der Waals surface area (Å²) < 4.78 is 0. The first-order valence-electron chi connectivity index (χ1n) is 5.14. The molecule has 1 aliphatic carbocycles. The third-order valence-electron chi connectivity index (χ3n) is 2.96. The molecule has 1 aromatic rings. The van der Waals surface area contributed by atoms with Gasteiger partial charge >= 0.3 is 0 Å². The second-order valence-corrected chi connectivity index (χ2v) is 5.09. The van der Waals surface area contributed by atoms with E-state index in [4.69, 9.17) is 5.73 Å². The van der Waals surface area contributed by atoms with Crippen LogP contribution in [0.2, 0.25) is 0 Å². The maximum absolute atomic E-state index is 6.05. The maximum atomic E-state index is 6.05.